The summed E-state index contributed by atoms with van der Waals surface area (Å²) in [7, 11) is 0. The van der Waals surface area contributed by atoms with E-state index in [1.54, 1.807) is 0 Å². The Labute approximate surface area is 150 Å². The summed E-state index contributed by atoms with van der Waals surface area (Å²) in [6.07, 6.45) is 4.55. The number of hydrogen-bond donors (Lipinski definition) is 1. The van der Waals surface area contributed by atoms with Crippen LogP contribution >= 0.6 is 0 Å². The van der Waals surface area contributed by atoms with E-state index in [-0.39, 0.29) is 18.2 Å². The monoisotopic (exact) mass is 346 g/mol. The van der Waals surface area contributed by atoms with E-state index in [0.717, 1.165) is 38.9 Å². The Kier molecular flexibility index (Phi) is 6.70. The standard InChI is InChI=1S/C20H30N2O3/c1-2-22(15-18-11-7-12-24-18)20(23)21-14-17-10-6-13-25-19(17)16-8-4-3-5-9-16/h3-5,8-9,17-19H,2,6-7,10-15H2,1H3,(H,21,23)/t17-,18+,19+/m1/s1. The predicted octanol–water partition coefficient (Wildman–Crippen LogP) is 3.36. The van der Waals surface area contributed by atoms with Crippen molar-refractivity contribution in [3.8, 4) is 0 Å². The fraction of sp³-hybridized carbons (Fsp3) is 0.650. The van der Waals surface area contributed by atoms with E-state index in [1.807, 2.05) is 30.0 Å². The maximum atomic E-state index is 12.6. The van der Waals surface area contributed by atoms with E-state index in [2.05, 4.69) is 17.4 Å². The van der Waals surface area contributed by atoms with Gasteiger partial charge in [-0.15, -0.1) is 0 Å². The molecule has 5 nitrogen and oxygen atoms in total. The molecule has 0 spiro atoms. The molecule has 2 amide bonds. The highest BCUT2D eigenvalue weighted by Crippen LogP contribution is 2.33. The first-order valence-electron chi connectivity index (χ1n) is 9.59. The molecule has 2 saturated heterocycles. The lowest BCUT2D eigenvalue weighted by Crippen LogP contribution is -2.46. The molecular weight excluding hydrogens is 316 g/mol. The van der Waals surface area contributed by atoms with Gasteiger partial charge in [-0.2, -0.15) is 0 Å². The van der Waals surface area contributed by atoms with Crippen LogP contribution in [0.1, 0.15) is 44.3 Å². The first-order valence-corrected chi connectivity index (χ1v) is 9.59. The first-order chi connectivity index (χ1) is 12.3. The number of urea groups is 1. The molecule has 3 atom stereocenters. The van der Waals surface area contributed by atoms with E-state index < -0.39 is 0 Å². The molecule has 138 valence electrons. The normalized spacial score (nSPS) is 26.4. The Morgan fingerprint density at radius 2 is 1.92 bits per heavy atom. The van der Waals surface area contributed by atoms with E-state index in [4.69, 9.17) is 9.47 Å². The number of amides is 2. The largest absolute Gasteiger partial charge is 0.376 e. The lowest BCUT2D eigenvalue weighted by Gasteiger charge is -2.33. The lowest BCUT2D eigenvalue weighted by molar-refractivity contribution is -0.0272. The third-order valence-electron chi connectivity index (χ3n) is 5.21. The number of rotatable bonds is 6. The SMILES string of the molecule is CCN(C[C@@H]1CCCO1)C(=O)NC[C@H]1CCCO[C@H]1c1ccccc1. The van der Waals surface area contributed by atoms with Crippen molar-refractivity contribution in [1.82, 2.24) is 10.2 Å². The molecule has 1 N–H and O–H groups in total. The van der Waals surface area contributed by atoms with Crippen LogP contribution in [0.25, 0.3) is 0 Å². The van der Waals surface area contributed by atoms with Crippen LogP contribution in [0.5, 0.6) is 0 Å². The van der Waals surface area contributed by atoms with Crippen LogP contribution in [-0.2, 0) is 9.47 Å². The number of likely N-dealkylation sites (N-methyl/N-ethyl adjacent to an activating group) is 1. The van der Waals surface area contributed by atoms with Crippen LogP contribution in [0, 0.1) is 5.92 Å². The molecule has 2 heterocycles. The van der Waals surface area contributed by atoms with Crippen molar-refractivity contribution in [1.29, 1.82) is 0 Å². The van der Waals surface area contributed by atoms with Crippen LogP contribution in [0.15, 0.2) is 30.3 Å². The van der Waals surface area contributed by atoms with E-state index >= 15 is 0 Å². The van der Waals surface area contributed by atoms with Crippen molar-refractivity contribution in [3.05, 3.63) is 35.9 Å². The van der Waals surface area contributed by atoms with Crippen molar-refractivity contribution >= 4 is 6.03 Å². The highest BCUT2D eigenvalue weighted by atomic mass is 16.5. The van der Waals surface area contributed by atoms with Crippen molar-refractivity contribution in [3.63, 3.8) is 0 Å². The maximum absolute atomic E-state index is 12.6. The molecule has 3 rings (SSSR count). The lowest BCUT2D eigenvalue weighted by atomic mass is 9.89. The Bertz CT molecular complexity index is 531. The van der Waals surface area contributed by atoms with Gasteiger partial charge in [-0.1, -0.05) is 30.3 Å². The van der Waals surface area contributed by atoms with Gasteiger partial charge in [0, 0.05) is 38.8 Å². The number of nitrogens with zero attached hydrogens (tertiary/aromatic N) is 1. The van der Waals surface area contributed by atoms with Crippen LogP contribution in [0.2, 0.25) is 0 Å². The number of ether oxygens (including phenoxy) is 2. The highest BCUT2D eigenvalue weighted by Gasteiger charge is 2.28. The molecule has 2 fully saturated rings. The Hall–Kier alpha value is -1.59. The smallest absolute Gasteiger partial charge is 0.317 e. The van der Waals surface area contributed by atoms with Gasteiger partial charge in [0.2, 0.25) is 0 Å². The van der Waals surface area contributed by atoms with Gasteiger partial charge in [-0.05, 0) is 38.2 Å². The molecule has 25 heavy (non-hydrogen) atoms. The summed E-state index contributed by atoms with van der Waals surface area (Å²) in [6, 6.07) is 10.3. The van der Waals surface area contributed by atoms with Gasteiger partial charge < -0.3 is 19.7 Å². The molecule has 0 radical (unpaired) electrons. The van der Waals surface area contributed by atoms with E-state index in [1.165, 1.54) is 5.56 Å². The Morgan fingerprint density at radius 1 is 1.16 bits per heavy atom. The van der Waals surface area contributed by atoms with Gasteiger partial charge >= 0.3 is 6.03 Å². The fourth-order valence-corrected chi connectivity index (χ4v) is 3.78. The molecule has 5 heteroatoms. The van der Waals surface area contributed by atoms with Crippen molar-refractivity contribution in [2.24, 2.45) is 5.92 Å². The van der Waals surface area contributed by atoms with Gasteiger partial charge in [0.25, 0.3) is 0 Å². The maximum Gasteiger partial charge on any atom is 0.317 e. The molecule has 2 aliphatic rings. The van der Waals surface area contributed by atoms with Crippen molar-refractivity contribution < 1.29 is 14.3 Å². The Balaban J connectivity index is 1.53. The second-order valence-electron chi connectivity index (χ2n) is 6.96. The predicted molar refractivity (Wildman–Crippen MR) is 97.5 cm³/mol. The summed E-state index contributed by atoms with van der Waals surface area (Å²) in [6.45, 7) is 5.68. The summed E-state index contributed by atoms with van der Waals surface area (Å²) < 4.78 is 11.7. The van der Waals surface area contributed by atoms with Crippen molar-refractivity contribution in [2.75, 3.05) is 32.8 Å². The van der Waals surface area contributed by atoms with Gasteiger partial charge in [-0.25, -0.2) is 4.79 Å². The zero-order valence-corrected chi connectivity index (χ0v) is 15.2. The van der Waals surface area contributed by atoms with Crippen LogP contribution in [0.4, 0.5) is 4.79 Å². The second kappa shape index (κ2) is 9.20. The van der Waals surface area contributed by atoms with Gasteiger partial charge in [-0.3, -0.25) is 0 Å². The average Bonchev–Trinajstić information content (AvgIpc) is 3.18. The molecule has 0 saturated carbocycles. The zero-order valence-electron chi connectivity index (χ0n) is 15.2. The third-order valence-corrected chi connectivity index (χ3v) is 5.21. The van der Waals surface area contributed by atoms with E-state index in [0.29, 0.717) is 25.6 Å². The summed E-state index contributed by atoms with van der Waals surface area (Å²) >= 11 is 0. The van der Waals surface area contributed by atoms with Crippen LogP contribution in [0.3, 0.4) is 0 Å². The van der Waals surface area contributed by atoms with Gasteiger partial charge in [0.15, 0.2) is 0 Å². The number of hydrogen-bond acceptors (Lipinski definition) is 3. The molecule has 0 unspecified atom stereocenters. The molecule has 0 aliphatic carbocycles. The molecule has 0 bridgehead atoms. The quantitative estimate of drug-likeness (QED) is 0.859. The minimum atomic E-state index is 0.00962. The zero-order chi connectivity index (χ0) is 17.5. The average molecular weight is 346 g/mol. The summed E-state index contributed by atoms with van der Waals surface area (Å²) in [5, 5.41) is 3.13. The second-order valence-corrected chi connectivity index (χ2v) is 6.96. The van der Waals surface area contributed by atoms with Crippen LogP contribution < -0.4 is 5.32 Å². The first kappa shape index (κ1) is 18.2. The molecule has 2 aliphatic heterocycles. The topological polar surface area (TPSA) is 50.8 Å². The highest BCUT2D eigenvalue weighted by molar-refractivity contribution is 5.74. The minimum Gasteiger partial charge on any atom is -0.376 e. The molecular formula is C20H30N2O3. The van der Waals surface area contributed by atoms with E-state index in [9.17, 15) is 4.79 Å². The fourth-order valence-electron chi connectivity index (χ4n) is 3.78. The molecule has 0 aromatic heterocycles. The number of benzene rings is 1. The number of carbonyl (C=O) groups is 1. The molecule has 1 aromatic carbocycles. The minimum absolute atomic E-state index is 0.00962. The third kappa shape index (κ3) is 4.95. The molecule has 1 aromatic rings. The summed E-state index contributed by atoms with van der Waals surface area (Å²) in [4.78, 5) is 14.4. The van der Waals surface area contributed by atoms with Crippen LogP contribution in [-0.4, -0.2) is 49.9 Å². The van der Waals surface area contributed by atoms with Crippen molar-refractivity contribution in [2.45, 2.75) is 44.8 Å². The number of carbonyl (C=O) groups excluding carboxylic acids is 1. The number of nitrogens with one attached hydrogen (secondary N) is 1. The Morgan fingerprint density at radius 3 is 2.64 bits per heavy atom. The van der Waals surface area contributed by atoms with Gasteiger partial charge in [0.1, 0.15) is 0 Å². The van der Waals surface area contributed by atoms with Gasteiger partial charge in [0.05, 0.1) is 12.2 Å². The summed E-state index contributed by atoms with van der Waals surface area (Å²) in [5.74, 6) is 0.321. The summed E-state index contributed by atoms with van der Waals surface area (Å²) in [5.41, 5.74) is 1.20.